The van der Waals surface area contributed by atoms with Crippen LogP contribution in [0.1, 0.15) is 15.9 Å². The molecule has 0 aliphatic heterocycles. The fourth-order valence-electron chi connectivity index (χ4n) is 0.929. The lowest BCUT2D eigenvalue weighted by atomic mass is 10.1. The van der Waals surface area contributed by atoms with E-state index in [1.807, 2.05) is 12.1 Å². The highest BCUT2D eigenvalue weighted by molar-refractivity contribution is 8.76. The lowest BCUT2D eigenvalue weighted by molar-refractivity contribution is 0.0697. The first-order chi connectivity index (χ1) is 7.24. The monoisotopic (exact) mass is 238 g/mol. The van der Waals surface area contributed by atoms with E-state index < -0.39 is 5.97 Å². The molecule has 0 aliphatic rings. The summed E-state index contributed by atoms with van der Waals surface area (Å²) in [7, 11) is 3.29. The number of aromatic carboxylic acids is 1. The van der Waals surface area contributed by atoms with Crippen LogP contribution in [0.4, 0.5) is 0 Å². The zero-order chi connectivity index (χ0) is 11.1. The number of hydrogen-bond donors (Lipinski definition) is 1. The molecule has 4 heteroatoms. The Kier molecular flexibility index (Phi) is 5.16. The number of benzene rings is 1. The average molecular weight is 238 g/mol. The number of carbonyl (C=O) groups is 1. The molecule has 1 aromatic carbocycles. The van der Waals surface area contributed by atoms with Gasteiger partial charge >= 0.3 is 5.97 Å². The minimum absolute atomic E-state index is 0.319. The second-order valence-corrected chi connectivity index (χ2v) is 5.19. The van der Waals surface area contributed by atoms with Crippen LogP contribution in [0.3, 0.4) is 0 Å². The number of rotatable bonds is 5. The summed E-state index contributed by atoms with van der Waals surface area (Å²) >= 11 is 0. The van der Waals surface area contributed by atoms with Crippen molar-refractivity contribution in [1.82, 2.24) is 0 Å². The molecule has 0 saturated carbocycles. The van der Waals surface area contributed by atoms with Crippen molar-refractivity contribution in [3.05, 3.63) is 35.4 Å². The molecule has 0 aliphatic carbocycles. The third-order valence-electron chi connectivity index (χ3n) is 1.65. The van der Waals surface area contributed by atoms with Gasteiger partial charge in [-0.2, -0.15) is 0 Å². The van der Waals surface area contributed by atoms with Crippen molar-refractivity contribution >= 4 is 27.6 Å². The Bertz CT molecular complexity index is 365. The van der Waals surface area contributed by atoms with Crippen molar-refractivity contribution in [3.8, 4) is 12.3 Å². The molecule has 0 bridgehead atoms. The molecular weight excluding hydrogens is 228 g/mol. The van der Waals surface area contributed by atoms with Gasteiger partial charge in [-0.3, -0.25) is 0 Å². The Morgan fingerprint density at radius 2 is 2.00 bits per heavy atom. The van der Waals surface area contributed by atoms with Crippen LogP contribution in [-0.4, -0.2) is 16.8 Å². The van der Waals surface area contributed by atoms with Crippen molar-refractivity contribution in [2.75, 3.05) is 5.75 Å². The van der Waals surface area contributed by atoms with E-state index in [0.717, 1.165) is 11.3 Å². The van der Waals surface area contributed by atoms with Gasteiger partial charge in [0.1, 0.15) is 0 Å². The molecule has 0 aromatic heterocycles. The summed E-state index contributed by atoms with van der Waals surface area (Å²) in [4.78, 5) is 10.6. The van der Waals surface area contributed by atoms with Gasteiger partial charge < -0.3 is 5.11 Å². The average Bonchev–Trinajstić information content (AvgIpc) is 2.25. The van der Waals surface area contributed by atoms with Gasteiger partial charge in [-0.15, -0.1) is 6.42 Å². The normalized spacial score (nSPS) is 9.53. The quantitative estimate of drug-likeness (QED) is 0.486. The van der Waals surface area contributed by atoms with Crippen LogP contribution in [0.15, 0.2) is 24.3 Å². The molecule has 0 heterocycles. The third-order valence-corrected chi connectivity index (χ3v) is 3.76. The van der Waals surface area contributed by atoms with E-state index in [1.165, 1.54) is 0 Å². The SMILES string of the molecule is C#CCSSCc1ccc(C(=O)O)cc1. The van der Waals surface area contributed by atoms with E-state index in [9.17, 15) is 4.79 Å². The van der Waals surface area contributed by atoms with Crippen molar-refractivity contribution in [2.24, 2.45) is 0 Å². The van der Waals surface area contributed by atoms with E-state index in [0.29, 0.717) is 11.3 Å². The van der Waals surface area contributed by atoms with Crippen molar-refractivity contribution in [3.63, 3.8) is 0 Å². The van der Waals surface area contributed by atoms with Gasteiger partial charge in [0.05, 0.1) is 11.3 Å². The first kappa shape index (κ1) is 12.0. The second kappa shape index (κ2) is 6.44. The summed E-state index contributed by atoms with van der Waals surface area (Å²) in [5, 5.41) is 8.69. The fraction of sp³-hybridized carbons (Fsp3) is 0.182. The van der Waals surface area contributed by atoms with E-state index in [1.54, 1.807) is 33.7 Å². The smallest absolute Gasteiger partial charge is 0.335 e. The van der Waals surface area contributed by atoms with Crippen LogP contribution in [0, 0.1) is 12.3 Å². The summed E-state index contributed by atoms with van der Waals surface area (Å²) in [5.41, 5.74) is 1.43. The Morgan fingerprint density at radius 1 is 1.33 bits per heavy atom. The number of hydrogen-bond acceptors (Lipinski definition) is 3. The summed E-state index contributed by atoms with van der Waals surface area (Å²) in [6, 6.07) is 6.88. The van der Waals surface area contributed by atoms with Crippen LogP contribution < -0.4 is 0 Å². The maximum atomic E-state index is 10.6. The van der Waals surface area contributed by atoms with Crippen LogP contribution in [-0.2, 0) is 5.75 Å². The standard InChI is InChI=1S/C11H10O2S2/c1-2-7-14-15-8-9-3-5-10(6-4-9)11(12)13/h1,3-6H,7-8H2,(H,12,13). The molecule has 0 amide bonds. The highest BCUT2D eigenvalue weighted by Crippen LogP contribution is 2.25. The van der Waals surface area contributed by atoms with Gasteiger partial charge in [0.15, 0.2) is 0 Å². The zero-order valence-corrected chi connectivity index (χ0v) is 9.61. The molecule has 0 fully saturated rings. The molecule has 78 valence electrons. The molecule has 0 saturated heterocycles. The van der Waals surface area contributed by atoms with Gasteiger partial charge in [0.25, 0.3) is 0 Å². The van der Waals surface area contributed by atoms with Crippen LogP contribution in [0.2, 0.25) is 0 Å². The Morgan fingerprint density at radius 3 is 2.53 bits per heavy atom. The van der Waals surface area contributed by atoms with Gasteiger partial charge in [-0.1, -0.05) is 39.6 Å². The van der Waals surface area contributed by atoms with E-state index >= 15 is 0 Å². The van der Waals surface area contributed by atoms with Gasteiger partial charge in [-0.05, 0) is 17.7 Å². The summed E-state index contributed by atoms with van der Waals surface area (Å²) in [6.07, 6.45) is 5.11. The molecule has 2 nitrogen and oxygen atoms in total. The Labute approximate surface area is 96.9 Å². The number of carboxylic acids is 1. The number of terminal acetylenes is 1. The predicted molar refractivity (Wildman–Crippen MR) is 66.0 cm³/mol. The lowest BCUT2D eigenvalue weighted by Gasteiger charge is -2.00. The summed E-state index contributed by atoms with van der Waals surface area (Å²) < 4.78 is 0. The maximum absolute atomic E-state index is 10.6. The molecular formula is C11H10O2S2. The molecule has 0 atom stereocenters. The summed E-state index contributed by atoms with van der Waals surface area (Å²) in [6.45, 7) is 0. The largest absolute Gasteiger partial charge is 0.478 e. The number of carboxylic acid groups (broad SMARTS) is 1. The first-order valence-corrected chi connectivity index (χ1v) is 6.73. The van der Waals surface area contributed by atoms with Crippen LogP contribution in [0.25, 0.3) is 0 Å². The highest BCUT2D eigenvalue weighted by Gasteiger charge is 2.01. The first-order valence-electron chi connectivity index (χ1n) is 4.24. The molecule has 0 spiro atoms. The van der Waals surface area contributed by atoms with Crippen molar-refractivity contribution < 1.29 is 9.90 Å². The molecule has 1 rings (SSSR count). The Balaban J connectivity index is 2.43. The topological polar surface area (TPSA) is 37.3 Å². The molecule has 0 unspecified atom stereocenters. The van der Waals surface area contributed by atoms with Gasteiger partial charge in [-0.25, -0.2) is 4.79 Å². The lowest BCUT2D eigenvalue weighted by Crippen LogP contribution is -1.95. The molecule has 1 N–H and O–H groups in total. The second-order valence-electron chi connectivity index (χ2n) is 2.73. The van der Waals surface area contributed by atoms with Gasteiger partial charge in [0.2, 0.25) is 0 Å². The van der Waals surface area contributed by atoms with E-state index in [2.05, 4.69) is 5.92 Å². The predicted octanol–water partition coefficient (Wildman–Crippen LogP) is 2.90. The minimum atomic E-state index is -0.893. The fourth-order valence-corrected chi connectivity index (χ4v) is 2.60. The zero-order valence-electron chi connectivity index (χ0n) is 7.97. The van der Waals surface area contributed by atoms with Crippen LogP contribution in [0.5, 0.6) is 0 Å². The summed E-state index contributed by atoms with van der Waals surface area (Å²) in [5.74, 6) is 3.18. The maximum Gasteiger partial charge on any atom is 0.335 e. The van der Waals surface area contributed by atoms with Gasteiger partial charge in [0, 0.05) is 5.75 Å². The van der Waals surface area contributed by atoms with E-state index in [-0.39, 0.29) is 0 Å². The van der Waals surface area contributed by atoms with Crippen molar-refractivity contribution in [2.45, 2.75) is 5.75 Å². The molecule has 15 heavy (non-hydrogen) atoms. The minimum Gasteiger partial charge on any atom is -0.478 e. The highest BCUT2D eigenvalue weighted by atomic mass is 33.1. The van der Waals surface area contributed by atoms with Crippen molar-refractivity contribution in [1.29, 1.82) is 0 Å². The molecule has 0 radical (unpaired) electrons. The molecule has 1 aromatic rings. The van der Waals surface area contributed by atoms with Crippen LogP contribution >= 0.6 is 21.6 Å². The third kappa shape index (κ3) is 4.32. The van der Waals surface area contributed by atoms with E-state index in [4.69, 9.17) is 11.5 Å². The Hall–Kier alpha value is -1.05.